The van der Waals surface area contributed by atoms with Gasteiger partial charge in [-0.2, -0.15) is 5.10 Å². The average molecular weight is 313 g/mol. The first-order valence-electron chi connectivity index (χ1n) is 7.16. The molecule has 6 nitrogen and oxygen atoms in total. The van der Waals surface area contributed by atoms with Crippen LogP contribution in [0.3, 0.4) is 0 Å². The summed E-state index contributed by atoms with van der Waals surface area (Å²) < 4.78 is 14.7. The Hall–Kier alpha value is -2.96. The van der Waals surface area contributed by atoms with Gasteiger partial charge < -0.3 is 10.3 Å². The van der Waals surface area contributed by atoms with E-state index in [1.807, 2.05) is 6.07 Å². The number of likely N-dealkylation sites (N-methyl/N-ethyl adjacent to an activating group) is 1. The number of amides is 1. The lowest BCUT2D eigenvalue weighted by atomic mass is 10.1. The predicted octanol–water partition coefficient (Wildman–Crippen LogP) is 1.75. The molecule has 7 heteroatoms. The third-order valence-corrected chi connectivity index (χ3v) is 3.49. The second kappa shape index (κ2) is 6.43. The topological polar surface area (TPSA) is 75.6 Å². The highest BCUT2D eigenvalue weighted by Gasteiger charge is 2.13. The molecule has 1 aromatic carbocycles. The number of nitrogens with one attached hydrogen (secondary N) is 2. The Morgan fingerprint density at radius 3 is 2.74 bits per heavy atom. The van der Waals surface area contributed by atoms with Gasteiger partial charge in [0.25, 0.3) is 0 Å². The number of rotatable bonds is 5. The second-order valence-electron chi connectivity index (χ2n) is 5.11. The van der Waals surface area contributed by atoms with Crippen LogP contribution in [0.2, 0.25) is 0 Å². The van der Waals surface area contributed by atoms with E-state index < -0.39 is 0 Å². The minimum absolute atomic E-state index is 0.122. The van der Waals surface area contributed by atoms with Crippen molar-refractivity contribution in [2.45, 2.75) is 13.0 Å². The summed E-state index contributed by atoms with van der Waals surface area (Å²) in [6.07, 6.45) is 3.87. The number of aromatic nitrogens is 4. The van der Waals surface area contributed by atoms with Crippen LogP contribution in [0.15, 0.2) is 42.9 Å². The van der Waals surface area contributed by atoms with Crippen LogP contribution in [-0.4, -0.2) is 32.7 Å². The zero-order valence-electron chi connectivity index (χ0n) is 12.6. The third kappa shape index (κ3) is 3.45. The van der Waals surface area contributed by atoms with E-state index in [-0.39, 0.29) is 18.3 Å². The number of halogens is 1. The quantitative estimate of drug-likeness (QED) is 0.753. The fourth-order valence-electron chi connectivity index (χ4n) is 2.29. The van der Waals surface area contributed by atoms with Crippen molar-refractivity contribution in [2.24, 2.45) is 0 Å². The maximum absolute atomic E-state index is 13.0. The Labute approximate surface area is 132 Å². The Morgan fingerprint density at radius 2 is 2.09 bits per heavy atom. The van der Waals surface area contributed by atoms with Gasteiger partial charge in [-0.05, 0) is 23.8 Å². The van der Waals surface area contributed by atoms with Crippen LogP contribution in [0, 0.1) is 5.82 Å². The number of nitrogens with zero attached hydrogens (tertiary/aromatic N) is 3. The minimum Gasteiger partial charge on any atom is -0.358 e. The number of carbonyl (C=O) groups is 1. The van der Waals surface area contributed by atoms with Crippen molar-refractivity contribution < 1.29 is 9.18 Å². The molecule has 2 heterocycles. The van der Waals surface area contributed by atoms with Gasteiger partial charge >= 0.3 is 0 Å². The van der Waals surface area contributed by atoms with E-state index in [0.29, 0.717) is 17.8 Å². The highest BCUT2D eigenvalue weighted by Crippen LogP contribution is 2.19. The molecular formula is C16H16FN5O. The maximum Gasteiger partial charge on any atom is 0.241 e. The van der Waals surface area contributed by atoms with Crippen LogP contribution in [0.1, 0.15) is 11.3 Å². The standard InChI is InChI=1S/C16H16FN5O/c1-18-16(23)9-22-13(6-11-2-4-12(17)5-3-11)7-14(21-22)15-8-19-10-20-15/h2-5,7-8,10H,6,9H2,1H3,(H,18,23)(H,19,20). The van der Waals surface area contributed by atoms with Gasteiger partial charge in [0.15, 0.2) is 0 Å². The number of aromatic amines is 1. The van der Waals surface area contributed by atoms with Crippen molar-refractivity contribution in [3.63, 3.8) is 0 Å². The molecule has 0 radical (unpaired) electrons. The molecule has 0 aliphatic rings. The van der Waals surface area contributed by atoms with Crippen molar-refractivity contribution >= 4 is 5.91 Å². The number of imidazole rings is 1. The molecule has 0 unspecified atom stereocenters. The summed E-state index contributed by atoms with van der Waals surface area (Å²) in [4.78, 5) is 18.7. The van der Waals surface area contributed by atoms with E-state index in [1.54, 1.807) is 36.4 Å². The Balaban J connectivity index is 1.92. The third-order valence-electron chi connectivity index (χ3n) is 3.49. The molecule has 0 spiro atoms. The first-order chi connectivity index (χ1) is 11.2. The van der Waals surface area contributed by atoms with Crippen molar-refractivity contribution in [3.05, 3.63) is 59.9 Å². The summed E-state index contributed by atoms with van der Waals surface area (Å²) in [6, 6.07) is 8.18. The average Bonchev–Trinajstić information content (AvgIpc) is 3.20. The van der Waals surface area contributed by atoms with Crippen LogP contribution in [0.5, 0.6) is 0 Å². The van der Waals surface area contributed by atoms with E-state index in [2.05, 4.69) is 20.4 Å². The van der Waals surface area contributed by atoms with Crippen molar-refractivity contribution in [3.8, 4) is 11.4 Å². The van der Waals surface area contributed by atoms with Gasteiger partial charge in [0.05, 0.1) is 6.33 Å². The van der Waals surface area contributed by atoms with E-state index in [0.717, 1.165) is 11.3 Å². The number of benzene rings is 1. The minimum atomic E-state index is -0.273. The molecule has 1 amide bonds. The van der Waals surface area contributed by atoms with Crippen molar-refractivity contribution in [1.29, 1.82) is 0 Å². The normalized spacial score (nSPS) is 10.7. The first kappa shape index (κ1) is 15.0. The highest BCUT2D eigenvalue weighted by molar-refractivity contribution is 5.75. The van der Waals surface area contributed by atoms with E-state index in [9.17, 15) is 9.18 Å². The Bertz CT molecular complexity index is 793. The summed E-state index contributed by atoms with van der Waals surface area (Å²) in [5.41, 5.74) is 3.20. The number of hydrogen-bond acceptors (Lipinski definition) is 3. The van der Waals surface area contributed by atoms with Crippen molar-refractivity contribution in [2.75, 3.05) is 7.05 Å². The van der Waals surface area contributed by atoms with Gasteiger partial charge in [0.2, 0.25) is 5.91 Å². The molecule has 0 aliphatic heterocycles. The lowest BCUT2D eigenvalue weighted by Crippen LogP contribution is -2.25. The summed E-state index contributed by atoms with van der Waals surface area (Å²) in [5.74, 6) is -0.410. The number of hydrogen-bond donors (Lipinski definition) is 2. The molecule has 3 rings (SSSR count). The molecule has 0 fully saturated rings. The lowest BCUT2D eigenvalue weighted by Gasteiger charge is -2.06. The summed E-state index contributed by atoms with van der Waals surface area (Å²) in [5, 5.41) is 7.04. The van der Waals surface area contributed by atoms with Gasteiger partial charge in [-0.1, -0.05) is 12.1 Å². The highest BCUT2D eigenvalue weighted by atomic mass is 19.1. The SMILES string of the molecule is CNC(=O)Cn1nc(-c2c[nH]cn2)cc1Cc1ccc(F)cc1. The van der Waals surface area contributed by atoms with Gasteiger partial charge in [0, 0.05) is 25.4 Å². The smallest absolute Gasteiger partial charge is 0.241 e. The van der Waals surface area contributed by atoms with Gasteiger partial charge in [-0.3, -0.25) is 9.48 Å². The zero-order valence-corrected chi connectivity index (χ0v) is 12.6. The van der Waals surface area contributed by atoms with E-state index >= 15 is 0 Å². The molecule has 0 saturated carbocycles. The first-order valence-corrected chi connectivity index (χ1v) is 7.16. The molecular weight excluding hydrogens is 297 g/mol. The summed E-state index contributed by atoms with van der Waals surface area (Å²) in [6.45, 7) is 0.122. The molecule has 0 aliphatic carbocycles. The van der Waals surface area contributed by atoms with Crippen molar-refractivity contribution in [1.82, 2.24) is 25.1 Å². The monoisotopic (exact) mass is 313 g/mol. The Kier molecular flexibility index (Phi) is 4.18. The molecule has 0 atom stereocenters. The number of carbonyl (C=O) groups excluding carboxylic acids is 1. The zero-order chi connectivity index (χ0) is 16.2. The summed E-state index contributed by atoms with van der Waals surface area (Å²) in [7, 11) is 1.58. The van der Waals surface area contributed by atoms with Gasteiger partial charge in [-0.25, -0.2) is 9.37 Å². The fourth-order valence-corrected chi connectivity index (χ4v) is 2.29. The molecule has 2 aromatic heterocycles. The molecule has 0 saturated heterocycles. The van der Waals surface area contributed by atoms with E-state index in [4.69, 9.17) is 0 Å². The van der Waals surface area contributed by atoms with Crippen LogP contribution in [0.4, 0.5) is 4.39 Å². The summed E-state index contributed by atoms with van der Waals surface area (Å²) >= 11 is 0. The molecule has 0 bridgehead atoms. The molecule has 3 aromatic rings. The van der Waals surface area contributed by atoms with Crippen LogP contribution >= 0.6 is 0 Å². The largest absolute Gasteiger partial charge is 0.358 e. The van der Waals surface area contributed by atoms with Crippen LogP contribution in [-0.2, 0) is 17.8 Å². The van der Waals surface area contributed by atoms with Gasteiger partial charge in [0.1, 0.15) is 23.7 Å². The van der Waals surface area contributed by atoms with Crippen LogP contribution < -0.4 is 5.32 Å². The van der Waals surface area contributed by atoms with E-state index in [1.165, 1.54) is 12.1 Å². The molecule has 23 heavy (non-hydrogen) atoms. The fraction of sp³-hybridized carbons (Fsp3) is 0.188. The number of H-pyrrole nitrogens is 1. The predicted molar refractivity (Wildman–Crippen MR) is 83.1 cm³/mol. The molecule has 118 valence electrons. The Morgan fingerprint density at radius 1 is 1.30 bits per heavy atom. The maximum atomic E-state index is 13.0. The van der Waals surface area contributed by atoms with Gasteiger partial charge in [-0.15, -0.1) is 0 Å². The second-order valence-corrected chi connectivity index (χ2v) is 5.11. The lowest BCUT2D eigenvalue weighted by molar-refractivity contribution is -0.121. The van der Waals surface area contributed by atoms with Crippen LogP contribution in [0.25, 0.3) is 11.4 Å². The molecule has 2 N–H and O–H groups in total.